The molecule has 0 bridgehead atoms. The number of halogens is 1. The van der Waals surface area contributed by atoms with E-state index in [-0.39, 0.29) is 18.3 Å². The molecule has 0 fully saturated rings. The molecule has 0 saturated heterocycles. The van der Waals surface area contributed by atoms with Gasteiger partial charge in [-0.2, -0.15) is 5.10 Å². The van der Waals surface area contributed by atoms with Gasteiger partial charge in [-0.05, 0) is 13.0 Å². The van der Waals surface area contributed by atoms with Crippen molar-refractivity contribution in [2.45, 2.75) is 26.6 Å². The van der Waals surface area contributed by atoms with Crippen molar-refractivity contribution >= 4 is 29.7 Å². The Kier molecular flexibility index (Phi) is 5.70. The molecular weight excluding hydrogens is 370 g/mol. The number of aromatic nitrogens is 3. The van der Waals surface area contributed by atoms with Crippen LogP contribution < -0.4 is 10.6 Å². The fourth-order valence-electron chi connectivity index (χ4n) is 2.96. The molecule has 3 heterocycles. The van der Waals surface area contributed by atoms with E-state index < -0.39 is 0 Å². The van der Waals surface area contributed by atoms with Crippen LogP contribution in [0.5, 0.6) is 0 Å². The third-order valence-electron chi connectivity index (χ3n) is 4.14. The van der Waals surface area contributed by atoms with Crippen molar-refractivity contribution in [1.29, 1.82) is 0 Å². The van der Waals surface area contributed by atoms with Crippen LogP contribution in [-0.2, 0) is 19.6 Å². The van der Waals surface area contributed by atoms with Gasteiger partial charge in [-0.1, -0.05) is 30.3 Å². The number of hydrogen-bond acceptors (Lipinski definition) is 5. The standard InChI is InChI=1S/C18H19N5OS.ClH/c1-12-21-16(13-5-3-2-4-6-13)17(25-12)18(24)20-10-14-9-15-11-19-7-8-23(15)22-14;/h2-6,9,19H,7-8,10-11H2,1H3,(H,20,24);1H. The van der Waals surface area contributed by atoms with E-state index in [2.05, 4.69) is 20.7 Å². The van der Waals surface area contributed by atoms with Gasteiger partial charge in [-0.15, -0.1) is 23.7 Å². The molecule has 0 spiro atoms. The summed E-state index contributed by atoms with van der Waals surface area (Å²) in [6.45, 7) is 4.97. The summed E-state index contributed by atoms with van der Waals surface area (Å²) in [6.07, 6.45) is 0. The van der Waals surface area contributed by atoms with Crippen LogP contribution in [0.3, 0.4) is 0 Å². The summed E-state index contributed by atoms with van der Waals surface area (Å²) >= 11 is 1.42. The largest absolute Gasteiger partial charge is 0.346 e. The molecule has 8 heteroatoms. The maximum absolute atomic E-state index is 12.7. The lowest BCUT2D eigenvalue weighted by atomic mass is 10.1. The van der Waals surface area contributed by atoms with E-state index in [1.807, 2.05) is 48.0 Å². The number of nitrogens with one attached hydrogen (secondary N) is 2. The van der Waals surface area contributed by atoms with E-state index in [4.69, 9.17) is 0 Å². The second-order valence-corrected chi connectivity index (χ2v) is 7.19. The highest BCUT2D eigenvalue weighted by molar-refractivity contribution is 7.14. The zero-order valence-corrected chi connectivity index (χ0v) is 16.0. The summed E-state index contributed by atoms with van der Waals surface area (Å²) in [6, 6.07) is 11.9. The second kappa shape index (κ2) is 7.99. The molecule has 0 unspecified atom stereocenters. The third kappa shape index (κ3) is 3.80. The Hall–Kier alpha value is -2.22. The predicted molar refractivity (Wildman–Crippen MR) is 105 cm³/mol. The zero-order valence-electron chi connectivity index (χ0n) is 14.4. The molecule has 2 aromatic heterocycles. The number of carbonyl (C=O) groups excluding carboxylic acids is 1. The minimum Gasteiger partial charge on any atom is -0.346 e. The Labute approximate surface area is 162 Å². The van der Waals surface area contributed by atoms with Crippen molar-refractivity contribution in [1.82, 2.24) is 25.4 Å². The summed E-state index contributed by atoms with van der Waals surface area (Å²) < 4.78 is 2.00. The third-order valence-corrected chi connectivity index (χ3v) is 5.11. The zero-order chi connectivity index (χ0) is 17.2. The average molecular weight is 390 g/mol. The average Bonchev–Trinajstić information content (AvgIpc) is 3.23. The van der Waals surface area contributed by atoms with Gasteiger partial charge in [0.15, 0.2) is 0 Å². The van der Waals surface area contributed by atoms with Crippen LogP contribution in [0, 0.1) is 6.92 Å². The molecule has 3 aromatic rings. The number of hydrogen-bond donors (Lipinski definition) is 2. The van der Waals surface area contributed by atoms with Crippen LogP contribution >= 0.6 is 23.7 Å². The molecule has 0 saturated carbocycles. The number of nitrogens with zero attached hydrogens (tertiary/aromatic N) is 3. The highest BCUT2D eigenvalue weighted by Gasteiger charge is 2.19. The number of fused-ring (bicyclic) bond motifs is 1. The maximum atomic E-state index is 12.7. The first-order valence-corrected chi connectivity index (χ1v) is 9.10. The van der Waals surface area contributed by atoms with Gasteiger partial charge in [0.25, 0.3) is 5.91 Å². The van der Waals surface area contributed by atoms with E-state index in [1.165, 1.54) is 11.3 Å². The minimum atomic E-state index is -0.103. The van der Waals surface area contributed by atoms with Crippen LogP contribution in [0.4, 0.5) is 0 Å². The maximum Gasteiger partial charge on any atom is 0.263 e. The van der Waals surface area contributed by atoms with Crippen molar-refractivity contribution in [2.75, 3.05) is 6.54 Å². The fourth-order valence-corrected chi connectivity index (χ4v) is 3.82. The van der Waals surface area contributed by atoms with Gasteiger partial charge < -0.3 is 10.6 Å². The van der Waals surface area contributed by atoms with E-state index in [0.717, 1.165) is 47.3 Å². The highest BCUT2D eigenvalue weighted by Crippen LogP contribution is 2.27. The molecule has 136 valence electrons. The molecule has 4 rings (SSSR count). The number of amides is 1. The topological polar surface area (TPSA) is 71.8 Å². The normalized spacial score (nSPS) is 13.0. The molecule has 26 heavy (non-hydrogen) atoms. The first-order chi connectivity index (χ1) is 12.2. The molecular formula is C18H20ClN5OS. The molecule has 6 nitrogen and oxygen atoms in total. The number of benzene rings is 1. The van der Waals surface area contributed by atoms with Crippen LogP contribution in [0.15, 0.2) is 36.4 Å². The lowest BCUT2D eigenvalue weighted by Crippen LogP contribution is -2.28. The van der Waals surface area contributed by atoms with E-state index in [1.54, 1.807) is 0 Å². The molecule has 0 aliphatic carbocycles. The lowest BCUT2D eigenvalue weighted by molar-refractivity contribution is 0.0955. The van der Waals surface area contributed by atoms with Crippen molar-refractivity contribution in [3.05, 3.63) is 57.7 Å². The van der Waals surface area contributed by atoms with Crippen molar-refractivity contribution in [2.24, 2.45) is 0 Å². The number of aryl methyl sites for hydroxylation is 1. The van der Waals surface area contributed by atoms with Crippen molar-refractivity contribution in [3.63, 3.8) is 0 Å². The van der Waals surface area contributed by atoms with Crippen LogP contribution in [0.25, 0.3) is 11.3 Å². The molecule has 1 aliphatic heterocycles. The Morgan fingerprint density at radius 3 is 2.92 bits per heavy atom. The van der Waals surface area contributed by atoms with Crippen molar-refractivity contribution in [3.8, 4) is 11.3 Å². The summed E-state index contributed by atoms with van der Waals surface area (Å²) in [5.74, 6) is -0.103. The smallest absolute Gasteiger partial charge is 0.263 e. The summed E-state index contributed by atoms with van der Waals surface area (Å²) in [7, 11) is 0. The molecule has 1 aromatic carbocycles. The second-order valence-electron chi connectivity index (χ2n) is 5.99. The summed E-state index contributed by atoms with van der Waals surface area (Å²) in [5, 5.41) is 11.7. The Balaban J connectivity index is 0.00000196. The van der Waals surface area contributed by atoms with E-state index in [9.17, 15) is 4.79 Å². The number of carbonyl (C=O) groups is 1. The van der Waals surface area contributed by atoms with E-state index in [0.29, 0.717) is 11.4 Å². The summed E-state index contributed by atoms with van der Waals surface area (Å²) in [4.78, 5) is 17.9. The van der Waals surface area contributed by atoms with Crippen LogP contribution in [0.1, 0.15) is 26.1 Å². The van der Waals surface area contributed by atoms with Gasteiger partial charge >= 0.3 is 0 Å². The van der Waals surface area contributed by atoms with Gasteiger partial charge in [0, 0.05) is 18.7 Å². The van der Waals surface area contributed by atoms with Gasteiger partial charge in [0.1, 0.15) is 4.88 Å². The van der Waals surface area contributed by atoms with Gasteiger partial charge in [0.2, 0.25) is 0 Å². The monoisotopic (exact) mass is 389 g/mol. The summed E-state index contributed by atoms with van der Waals surface area (Å²) in [5.41, 5.74) is 3.75. The molecule has 0 radical (unpaired) electrons. The molecule has 0 atom stereocenters. The van der Waals surface area contributed by atoms with Gasteiger partial charge in [-0.3, -0.25) is 9.48 Å². The Morgan fingerprint density at radius 2 is 2.15 bits per heavy atom. The first-order valence-electron chi connectivity index (χ1n) is 8.28. The molecule has 1 amide bonds. The van der Waals surface area contributed by atoms with Crippen molar-refractivity contribution < 1.29 is 4.79 Å². The highest BCUT2D eigenvalue weighted by atomic mass is 35.5. The van der Waals surface area contributed by atoms with E-state index >= 15 is 0 Å². The fraction of sp³-hybridized carbons (Fsp3) is 0.278. The Morgan fingerprint density at radius 1 is 1.35 bits per heavy atom. The van der Waals surface area contributed by atoms with Gasteiger partial charge in [-0.25, -0.2) is 4.98 Å². The van der Waals surface area contributed by atoms with Crippen LogP contribution in [0.2, 0.25) is 0 Å². The quantitative estimate of drug-likeness (QED) is 0.719. The molecule has 1 aliphatic rings. The number of thiazole rings is 1. The predicted octanol–water partition coefficient (Wildman–Crippen LogP) is 2.77. The Bertz CT molecular complexity index is 882. The SMILES string of the molecule is Cc1nc(-c2ccccc2)c(C(=O)NCc2cc3n(n2)CCNC3)s1.Cl. The minimum absolute atomic E-state index is 0. The van der Waals surface area contributed by atoms with Crippen LogP contribution in [-0.4, -0.2) is 27.2 Å². The van der Waals surface area contributed by atoms with Gasteiger partial charge in [0.05, 0.1) is 35.2 Å². The number of rotatable bonds is 4. The first kappa shape index (κ1) is 18.6. The molecule has 2 N–H and O–H groups in total. The lowest BCUT2D eigenvalue weighted by Gasteiger charge is -2.13.